The smallest absolute Gasteiger partial charge is 0.303 e. The van der Waals surface area contributed by atoms with Gasteiger partial charge in [0.1, 0.15) is 11.4 Å². The molecule has 1 rings (SSSR count). The second kappa shape index (κ2) is 7.64. The molecule has 116 valence electrons. The van der Waals surface area contributed by atoms with Gasteiger partial charge in [0.05, 0.1) is 6.61 Å². The van der Waals surface area contributed by atoms with Crippen LogP contribution in [0.4, 0.5) is 5.69 Å². The summed E-state index contributed by atoms with van der Waals surface area (Å²) in [6.45, 7) is 3.71. The van der Waals surface area contributed by atoms with Crippen LogP contribution in [0, 0.1) is 0 Å². The molecule has 6 nitrogen and oxygen atoms in total. The van der Waals surface area contributed by atoms with Crippen molar-refractivity contribution in [2.45, 2.75) is 32.3 Å². The minimum atomic E-state index is -0.897. The maximum atomic E-state index is 11.9. The topological polar surface area (TPSA) is 84.9 Å². The Kier molecular flexibility index (Phi) is 6.17. The fourth-order valence-corrected chi connectivity index (χ4v) is 1.42. The van der Waals surface area contributed by atoms with Gasteiger partial charge in [0.2, 0.25) is 0 Å². The van der Waals surface area contributed by atoms with Crippen LogP contribution in [0.25, 0.3) is 0 Å². The molecule has 0 aliphatic carbocycles. The van der Waals surface area contributed by atoms with Crippen molar-refractivity contribution < 1.29 is 24.2 Å². The highest BCUT2D eigenvalue weighted by Gasteiger charge is 2.26. The summed E-state index contributed by atoms with van der Waals surface area (Å²) in [7, 11) is 1.48. The number of methoxy groups -OCH3 is 1. The molecule has 0 unspecified atom stereocenters. The third kappa shape index (κ3) is 5.83. The number of carbonyl (C=O) groups is 2. The van der Waals surface area contributed by atoms with E-state index in [0.29, 0.717) is 24.5 Å². The van der Waals surface area contributed by atoms with Gasteiger partial charge in [-0.3, -0.25) is 9.59 Å². The number of hydrogen-bond donors (Lipinski definition) is 2. The summed E-state index contributed by atoms with van der Waals surface area (Å²) in [4.78, 5) is 22.3. The molecule has 0 spiro atoms. The molecule has 0 heterocycles. The van der Waals surface area contributed by atoms with Gasteiger partial charge in [-0.15, -0.1) is 0 Å². The van der Waals surface area contributed by atoms with Crippen LogP contribution in [0.5, 0.6) is 5.75 Å². The van der Waals surface area contributed by atoms with E-state index >= 15 is 0 Å². The number of amides is 1. The number of rotatable bonds is 8. The van der Waals surface area contributed by atoms with E-state index in [9.17, 15) is 9.59 Å². The van der Waals surface area contributed by atoms with E-state index in [1.54, 1.807) is 38.1 Å². The van der Waals surface area contributed by atoms with Crippen molar-refractivity contribution >= 4 is 17.6 Å². The number of nitrogens with one attached hydrogen (secondary N) is 1. The predicted molar refractivity (Wildman–Crippen MR) is 78.5 cm³/mol. The van der Waals surface area contributed by atoms with Crippen LogP contribution < -0.4 is 10.1 Å². The van der Waals surface area contributed by atoms with Crippen LogP contribution in [-0.2, 0) is 14.3 Å². The Morgan fingerprint density at radius 3 is 2.38 bits per heavy atom. The van der Waals surface area contributed by atoms with Gasteiger partial charge >= 0.3 is 5.97 Å². The number of benzene rings is 1. The van der Waals surface area contributed by atoms with Gasteiger partial charge in [0.25, 0.3) is 5.91 Å². The van der Waals surface area contributed by atoms with Gasteiger partial charge < -0.3 is 19.9 Å². The summed E-state index contributed by atoms with van der Waals surface area (Å²) in [6, 6.07) is 6.87. The van der Waals surface area contributed by atoms with Gasteiger partial charge in [-0.25, -0.2) is 0 Å². The second-order valence-electron chi connectivity index (χ2n) is 5.04. The van der Waals surface area contributed by atoms with Gasteiger partial charge in [-0.05, 0) is 44.5 Å². The lowest BCUT2D eigenvalue weighted by molar-refractivity contribution is -0.137. The average molecular weight is 295 g/mol. The third-order valence-corrected chi connectivity index (χ3v) is 2.97. The molecule has 0 saturated heterocycles. The second-order valence-corrected chi connectivity index (χ2v) is 5.04. The summed E-state index contributed by atoms with van der Waals surface area (Å²) in [5.41, 5.74) is -0.255. The summed E-state index contributed by atoms with van der Waals surface area (Å²) in [5.74, 6) is -0.443. The van der Waals surface area contributed by atoms with E-state index in [0.717, 1.165) is 0 Å². The minimum absolute atomic E-state index is 0.0836. The van der Waals surface area contributed by atoms with Crippen molar-refractivity contribution in [2.75, 3.05) is 19.0 Å². The SMILES string of the molecule is COC(C)(C)C(=O)Nc1ccc(OCCCC(=O)O)cc1. The molecule has 1 aromatic carbocycles. The van der Waals surface area contributed by atoms with Crippen molar-refractivity contribution in [1.29, 1.82) is 0 Å². The quantitative estimate of drug-likeness (QED) is 0.719. The van der Waals surface area contributed by atoms with Gasteiger partial charge in [-0.2, -0.15) is 0 Å². The molecule has 0 fully saturated rings. The highest BCUT2D eigenvalue weighted by Crippen LogP contribution is 2.18. The minimum Gasteiger partial charge on any atom is -0.494 e. The summed E-state index contributed by atoms with van der Waals surface area (Å²) in [6.07, 6.45) is 0.538. The Labute approximate surface area is 124 Å². The fourth-order valence-electron chi connectivity index (χ4n) is 1.42. The number of carboxylic acid groups (broad SMARTS) is 1. The molecule has 0 radical (unpaired) electrons. The van der Waals surface area contributed by atoms with E-state index in [-0.39, 0.29) is 12.3 Å². The Bertz CT molecular complexity index is 481. The largest absolute Gasteiger partial charge is 0.494 e. The van der Waals surface area contributed by atoms with Gasteiger partial charge in [0.15, 0.2) is 0 Å². The van der Waals surface area contributed by atoms with Crippen molar-refractivity contribution in [1.82, 2.24) is 0 Å². The third-order valence-electron chi connectivity index (χ3n) is 2.97. The fraction of sp³-hybridized carbons (Fsp3) is 0.467. The molecule has 0 aliphatic heterocycles. The zero-order chi connectivity index (χ0) is 15.9. The number of aliphatic carboxylic acids is 1. The molecular weight excluding hydrogens is 274 g/mol. The molecule has 0 atom stereocenters. The maximum absolute atomic E-state index is 11.9. The summed E-state index contributed by atoms with van der Waals surface area (Å²) in [5, 5.41) is 11.3. The first-order valence-corrected chi connectivity index (χ1v) is 6.66. The number of carbonyl (C=O) groups excluding carboxylic acids is 1. The average Bonchev–Trinajstić information content (AvgIpc) is 2.45. The molecule has 1 amide bonds. The zero-order valence-electron chi connectivity index (χ0n) is 12.5. The van der Waals surface area contributed by atoms with E-state index in [2.05, 4.69) is 5.32 Å². The molecule has 0 bridgehead atoms. The molecular formula is C15H21NO5. The Hall–Kier alpha value is -2.08. The highest BCUT2D eigenvalue weighted by atomic mass is 16.5. The van der Waals surface area contributed by atoms with Crippen LogP contribution in [0.3, 0.4) is 0 Å². The normalized spacial score (nSPS) is 11.0. The molecule has 0 aromatic heterocycles. The van der Waals surface area contributed by atoms with E-state index in [4.69, 9.17) is 14.6 Å². The van der Waals surface area contributed by atoms with Crippen molar-refractivity contribution in [3.63, 3.8) is 0 Å². The Balaban J connectivity index is 2.47. The lowest BCUT2D eigenvalue weighted by atomic mass is 10.1. The number of anilines is 1. The van der Waals surface area contributed by atoms with Crippen LogP contribution in [0.1, 0.15) is 26.7 Å². The molecule has 2 N–H and O–H groups in total. The Morgan fingerprint density at radius 2 is 1.86 bits per heavy atom. The Morgan fingerprint density at radius 1 is 1.24 bits per heavy atom. The van der Waals surface area contributed by atoms with Crippen LogP contribution >= 0.6 is 0 Å². The van der Waals surface area contributed by atoms with Crippen LogP contribution in [0.2, 0.25) is 0 Å². The molecule has 0 aliphatic rings. The predicted octanol–water partition coefficient (Wildman–Crippen LogP) is 2.29. The van der Waals surface area contributed by atoms with Gasteiger partial charge in [-0.1, -0.05) is 0 Å². The van der Waals surface area contributed by atoms with E-state index in [1.165, 1.54) is 7.11 Å². The van der Waals surface area contributed by atoms with E-state index in [1.807, 2.05) is 0 Å². The van der Waals surface area contributed by atoms with Crippen molar-refractivity contribution in [3.8, 4) is 5.75 Å². The van der Waals surface area contributed by atoms with Crippen LogP contribution in [-0.4, -0.2) is 36.3 Å². The summed E-state index contributed by atoms with van der Waals surface area (Å²) < 4.78 is 10.5. The number of carboxylic acids is 1. The van der Waals surface area contributed by atoms with E-state index < -0.39 is 11.6 Å². The maximum Gasteiger partial charge on any atom is 0.303 e. The zero-order valence-corrected chi connectivity index (χ0v) is 12.5. The van der Waals surface area contributed by atoms with Crippen LogP contribution in [0.15, 0.2) is 24.3 Å². The van der Waals surface area contributed by atoms with Crippen molar-refractivity contribution in [2.24, 2.45) is 0 Å². The lowest BCUT2D eigenvalue weighted by Gasteiger charge is -2.21. The monoisotopic (exact) mass is 295 g/mol. The standard InChI is InChI=1S/C15H21NO5/c1-15(2,20-3)14(19)16-11-6-8-12(9-7-11)21-10-4-5-13(17)18/h6-9H,4-5,10H2,1-3H3,(H,16,19)(H,17,18). The van der Waals surface area contributed by atoms with Crippen molar-refractivity contribution in [3.05, 3.63) is 24.3 Å². The molecule has 21 heavy (non-hydrogen) atoms. The number of ether oxygens (including phenoxy) is 2. The molecule has 1 aromatic rings. The first kappa shape index (κ1) is 17.0. The molecule has 0 saturated carbocycles. The molecule has 6 heteroatoms. The first-order valence-electron chi connectivity index (χ1n) is 6.66. The lowest BCUT2D eigenvalue weighted by Crippen LogP contribution is -2.38. The van der Waals surface area contributed by atoms with Gasteiger partial charge in [0, 0.05) is 19.2 Å². The number of hydrogen-bond acceptors (Lipinski definition) is 4. The highest BCUT2D eigenvalue weighted by molar-refractivity contribution is 5.96. The summed E-state index contributed by atoms with van der Waals surface area (Å²) >= 11 is 0. The first-order chi connectivity index (χ1) is 9.85.